The number of nitrogens with one attached hydrogen (secondary N) is 1. The molecule has 29 heavy (non-hydrogen) atoms. The topological polar surface area (TPSA) is 103 Å². The van der Waals surface area contributed by atoms with Crippen LogP contribution in [0.15, 0.2) is 30.5 Å². The van der Waals surface area contributed by atoms with E-state index in [9.17, 15) is 9.59 Å². The van der Waals surface area contributed by atoms with Crippen LogP contribution in [0.1, 0.15) is 20.3 Å². The first-order chi connectivity index (χ1) is 14.0. The van der Waals surface area contributed by atoms with Gasteiger partial charge in [0.05, 0.1) is 32.4 Å². The molecule has 2 amide bonds. The summed E-state index contributed by atoms with van der Waals surface area (Å²) in [7, 11) is 1.57. The lowest BCUT2D eigenvalue weighted by molar-refractivity contribution is -0.122. The summed E-state index contributed by atoms with van der Waals surface area (Å²) in [5.74, 6) is -0.0389. The molecule has 1 fully saturated rings. The molecular formula is C20H24N4O5. The quantitative estimate of drug-likeness (QED) is 0.725. The minimum absolute atomic E-state index is 0.116. The number of hydrogen-bond acceptors (Lipinski definition) is 7. The monoisotopic (exact) mass is 400 g/mol. The molecule has 0 saturated carbocycles. The van der Waals surface area contributed by atoms with Gasteiger partial charge >= 0.3 is 6.01 Å². The van der Waals surface area contributed by atoms with E-state index < -0.39 is 5.92 Å². The molecule has 0 bridgehead atoms. The summed E-state index contributed by atoms with van der Waals surface area (Å²) in [6.45, 7) is 4.71. The van der Waals surface area contributed by atoms with Crippen molar-refractivity contribution in [3.05, 3.63) is 30.5 Å². The highest BCUT2D eigenvalue weighted by atomic mass is 16.5. The van der Waals surface area contributed by atoms with Crippen molar-refractivity contribution in [2.75, 3.05) is 37.1 Å². The number of benzene rings is 1. The van der Waals surface area contributed by atoms with Gasteiger partial charge in [0, 0.05) is 24.7 Å². The number of rotatable bonds is 8. The van der Waals surface area contributed by atoms with E-state index in [1.807, 2.05) is 19.9 Å². The van der Waals surface area contributed by atoms with Crippen LogP contribution in [0.4, 0.5) is 11.4 Å². The van der Waals surface area contributed by atoms with E-state index in [0.29, 0.717) is 30.3 Å². The van der Waals surface area contributed by atoms with Crippen LogP contribution in [0, 0.1) is 5.92 Å². The van der Waals surface area contributed by atoms with Crippen molar-refractivity contribution >= 4 is 23.2 Å². The van der Waals surface area contributed by atoms with Crippen molar-refractivity contribution < 1.29 is 23.8 Å². The molecule has 1 saturated heterocycles. The van der Waals surface area contributed by atoms with Gasteiger partial charge in [-0.15, -0.1) is 0 Å². The van der Waals surface area contributed by atoms with E-state index in [1.165, 1.54) is 6.20 Å². The number of aromatic nitrogens is 2. The Hall–Kier alpha value is -3.36. The number of carbonyl (C=O) groups is 2. The first-order valence-corrected chi connectivity index (χ1v) is 9.43. The summed E-state index contributed by atoms with van der Waals surface area (Å²) in [6.07, 6.45) is 1.56. The number of amides is 2. The largest absolute Gasteiger partial charge is 0.497 e. The first kappa shape index (κ1) is 20.4. The molecular weight excluding hydrogens is 376 g/mol. The fourth-order valence-electron chi connectivity index (χ4n) is 3.03. The lowest BCUT2D eigenvalue weighted by Gasteiger charge is -2.17. The second-order valence-corrected chi connectivity index (χ2v) is 6.33. The third-order valence-electron chi connectivity index (χ3n) is 4.40. The van der Waals surface area contributed by atoms with Crippen LogP contribution in [0.25, 0.3) is 0 Å². The van der Waals surface area contributed by atoms with E-state index >= 15 is 0 Å². The van der Waals surface area contributed by atoms with Gasteiger partial charge in [-0.3, -0.25) is 9.59 Å². The maximum atomic E-state index is 12.8. The van der Waals surface area contributed by atoms with E-state index in [1.54, 1.807) is 30.2 Å². The van der Waals surface area contributed by atoms with Crippen LogP contribution in [-0.4, -0.2) is 48.7 Å². The highest BCUT2D eigenvalue weighted by Crippen LogP contribution is 2.30. The highest BCUT2D eigenvalue weighted by molar-refractivity contribution is 6.03. The number of carbonyl (C=O) groups excluding carboxylic acids is 2. The number of ether oxygens (including phenoxy) is 3. The minimum Gasteiger partial charge on any atom is -0.497 e. The third kappa shape index (κ3) is 4.74. The third-order valence-corrected chi connectivity index (χ3v) is 4.40. The molecule has 1 aliphatic heterocycles. The first-order valence-electron chi connectivity index (χ1n) is 9.43. The summed E-state index contributed by atoms with van der Waals surface area (Å²) >= 11 is 0. The second kappa shape index (κ2) is 9.22. The molecule has 0 radical (unpaired) electrons. The van der Waals surface area contributed by atoms with Crippen LogP contribution < -0.4 is 24.4 Å². The van der Waals surface area contributed by atoms with Gasteiger partial charge in [0.25, 0.3) is 0 Å². The zero-order chi connectivity index (χ0) is 20.8. The van der Waals surface area contributed by atoms with Crippen molar-refractivity contribution in [3.63, 3.8) is 0 Å². The summed E-state index contributed by atoms with van der Waals surface area (Å²) < 4.78 is 16.0. The second-order valence-electron chi connectivity index (χ2n) is 6.33. The summed E-state index contributed by atoms with van der Waals surface area (Å²) in [4.78, 5) is 35.1. The van der Waals surface area contributed by atoms with Gasteiger partial charge in [0.2, 0.25) is 17.7 Å². The SMILES string of the molecule is CCOc1ncc(NC(=O)C2CC(=O)N(c3cccc(OC)c3)C2)c(OCC)n1. The molecule has 3 rings (SSSR count). The maximum absolute atomic E-state index is 12.8. The Morgan fingerprint density at radius 3 is 2.79 bits per heavy atom. The van der Waals surface area contributed by atoms with Crippen molar-refractivity contribution in [2.45, 2.75) is 20.3 Å². The fourth-order valence-corrected chi connectivity index (χ4v) is 3.03. The van der Waals surface area contributed by atoms with Crippen molar-refractivity contribution in [1.82, 2.24) is 9.97 Å². The average Bonchev–Trinajstić information content (AvgIpc) is 3.12. The Morgan fingerprint density at radius 2 is 2.07 bits per heavy atom. The molecule has 1 unspecified atom stereocenters. The van der Waals surface area contributed by atoms with Gasteiger partial charge < -0.3 is 24.4 Å². The van der Waals surface area contributed by atoms with Gasteiger partial charge in [-0.2, -0.15) is 4.98 Å². The zero-order valence-corrected chi connectivity index (χ0v) is 16.7. The number of nitrogens with zero attached hydrogens (tertiary/aromatic N) is 3. The van der Waals surface area contributed by atoms with Crippen LogP contribution in [-0.2, 0) is 9.59 Å². The van der Waals surface area contributed by atoms with Crippen molar-refractivity contribution in [1.29, 1.82) is 0 Å². The molecule has 2 aromatic rings. The predicted octanol–water partition coefficient (Wildman–Crippen LogP) is 2.27. The van der Waals surface area contributed by atoms with Gasteiger partial charge in [-0.05, 0) is 26.0 Å². The Kier molecular flexibility index (Phi) is 6.48. The van der Waals surface area contributed by atoms with Gasteiger partial charge in [0.15, 0.2) is 0 Å². The molecule has 0 spiro atoms. The zero-order valence-electron chi connectivity index (χ0n) is 16.7. The van der Waals surface area contributed by atoms with E-state index in [4.69, 9.17) is 14.2 Å². The average molecular weight is 400 g/mol. The molecule has 0 aliphatic carbocycles. The van der Waals surface area contributed by atoms with E-state index in [2.05, 4.69) is 15.3 Å². The molecule has 1 aliphatic rings. The molecule has 1 aromatic carbocycles. The summed E-state index contributed by atoms with van der Waals surface area (Å²) in [6, 6.07) is 7.37. The lowest BCUT2D eigenvalue weighted by atomic mass is 10.1. The Labute approximate surface area is 169 Å². The van der Waals surface area contributed by atoms with E-state index in [-0.39, 0.29) is 36.7 Å². The normalized spacial score (nSPS) is 15.9. The molecule has 154 valence electrons. The molecule has 1 N–H and O–H groups in total. The van der Waals surface area contributed by atoms with E-state index in [0.717, 1.165) is 0 Å². The fraction of sp³-hybridized carbons (Fsp3) is 0.400. The van der Waals surface area contributed by atoms with Crippen LogP contribution >= 0.6 is 0 Å². The smallest absolute Gasteiger partial charge is 0.319 e. The molecule has 1 aromatic heterocycles. The van der Waals surface area contributed by atoms with Crippen molar-refractivity contribution in [2.24, 2.45) is 5.92 Å². The maximum Gasteiger partial charge on any atom is 0.319 e. The molecule has 9 nitrogen and oxygen atoms in total. The van der Waals surface area contributed by atoms with Crippen molar-refractivity contribution in [3.8, 4) is 17.6 Å². The standard InChI is InChI=1S/C20H24N4O5/c1-4-28-19-16(11-21-20(23-19)29-5-2)22-18(26)13-9-17(25)24(12-13)14-7-6-8-15(10-14)27-3/h6-8,10-11,13H,4-5,9,12H2,1-3H3,(H,22,26). The Bertz CT molecular complexity index is 889. The molecule has 2 heterocycles. The van der Waals surface area contributed by atoms with Crippen LogP contribution in [0.5, 0.6) is 17.6 Å². The highest BCUT2D eigenvalue weighted by Gasteiger charge is 2.35. The lowest BCUT2D eigenvalue weighted by Crippen LogP contribution is -2.28. The van der Waals surface area contributed by atoms with Crippen LogP contribution in [0.2, 0.25) is 0 Å². The summed E-state index contributed by atoms with van der Waals surface area (Å²) in [5, 5.41) is 2.77. The predicted molar refractivity (Wildman–Crippen MR) is 106 cm³/mol. The minimum atomic E-state index is -0.505. The van der Waals surface area contributed by atoms with Crippen LogP contribution in [0.3, 0.4) is 0 Å². The molecule has 9 heteroatoms. The Morgan fingerprint density at radius 1 is 1.28 bits per heavy atom. The van der Waals surface area contributed by atoms with Gasteiger partial charge in [-0.25, -0.2) is 4.98 Å². The number of methoxy groups -OCH3 is 1. The Balaban J connectivity index is 1.72. The number of hydrogen-bond donors (Lipinski definition) is 1. The van der Waals surface area contributed by atoms with Gasteiger partial charge in [-0.1, -0.05) is 6.07 Å². The molecule has 1 atom stereocenters. The number of anilines is 2. The summed E-state index contributed by atoms with van der Waals surface area (Å²) in [5.41, 5.74) is 1.04. The van der Waals surface area contributed by atoms with Gasteiger partial charge in [0.1, 0.15) is 11.4 Å².